The number of rotatable bonds is 5. The van der Waals surface area contributed by atoms with Crippen molar-refractivity contribution in [2.45, 2.75) is 25.4 Å². The van der Waals surface area contributed by atoms with Crippen molar-refractivity contribution >= 4 is 28.4 Å². The number of nitrogens with zero attached hydrogens (tertiary/aromatic N) is 3. The Labute approximate surface area is 204 Å². The number of amides is 2. The second-order valence-corrected chi connectivity index (χ2v) is 9.25. The summed E-state index contributed by atoms with van der Waals surface area (Å²) in [5.41, 5.74) is 3.82. The first-order chi connectivity index (χ1) is 17.1. The second-order valence-electron chi connectivity index (χ2n) is 9.25. The molecular weight excluding hydrogens is 444 g/mol. The number of ether oxygens (including phenoxy) is 1. The van der Waals surface area contributed by atoms with Gasteiger partial charge < -0.3 is 14.5 Å². The lowest BCUT2D eigenvalue weighted by Crippen LogP contribution is -2.53. The molecular formula is C27H30N4O4. The van der Waals surface area contributed by atoms with Gasteiger partial charge in [-0.1, -0.05) is 24.3 Å². The molecule has 2 aromatic carbocycles. The molecule has 182 valence electrons. The summed E-state index contributed by atoms with van der Waals surface area (Å²) in [4.78, 5) is 34.5. The molecule has 2 N–H and O–H groups in total. The summed E-state index contributed by atoms with van der Waals surface area (Å²) in [6, 6.07) is 19.8. The van der Waals surface area contributed by atoms with Gasteiger partial charge in [0, 0.05) is 43.4 Å². The minimum Gasteiger partial charge on any atom is -0.490 e. The largest absolute Gasteiger partial charge is 0.490 e. The molecule has 3 aromatic rings. The molecule has 8 heteroatoms. The third-order valence-corrected chi connectivity index (χ3v) is 7.16. The van der Waals surface area contributed by atoms with Crippen molar-refractivity contribution in [3.63, 3.8) is 0 Å². The number of hydroxylamine groups is 1. The van der Waals surface area contributed by atoms with Crippen LogP contribution >= 0.6 is 0 Å². The first kappa shape index (κ1) is 23.1. The van der Waals surface area contributed by atoms with E-state index in [1.54, 1.807) is 11.7 Å². The average Bonchev–Trinajstić information content (AvgIpc) is 2.92. The first-order valence-electron chi connectivity index (χ1n) is 12.2. The van der Waals surface area contributed by atoms with Gasteiger partial charge >= 0.3 is 0 Å². The molecule has 2 fully saturated rings. The molecule has 1 saturated carbocycles. The fraction of sp³-hybridized carbons (Fsp3) is 0.370. The van der Waals surface area contributed by atoms with E-state index in [9.17, 15) is 14.8 Å². The van der Waals surface area contributed by atoms with Crippen LogP contribution in [0.3, 0.4) is 0 Å². The van der Waals surface area contributed by atoms with Gasteiger partial charge in [0.1, 0.15) is 5.75 Å². The summed E-state index contributed by atoms with van der Waals surface area (Å²) < 4.78 is 6.20. The number of aromatic nitrogens is 1. The average molecular weight is 475 g/mol. The fourth-order valence-electron chi connectivity index (χ4n) is 5.29. The van der Waals surface area contributed by atoms with Gasteiger partial charge in [0.2, 0.25) is 11.8 Å². The highest BCUT2D eigenvalue weighted by Gasteiger charge is 2.42. The van der Waals surface area contributed by atoms with Gasteiger partial charge in [0.05, 0.1) is 23.5 Å². The van der Waals surface area contributed by atoms with Gasteiger partial charge in [-0.3, -0.25) is 19.8 Å². The minimum absolute atomic E-state index is 0.0125. The maximum absolute atomic E-state index is 13.4. The van der Waals surface area contributed by atoms with Crippen molar-refractivity contribution in [1.29, 1.82) is 0 Å². The molecule has 0 spiro atoms. The van der Waals surface area contributed by atoms with Crippen LogP contribution in [0.5, 0.6) is 5.75 Å². The monoisotopic (exact) mass is 474 g/mol. The second kappa shape index (κ2) is 10.3. The first-order valence-corrected chi connectivity index (χ1v) is 12.2. The molecule has 5 rings (SSSR count). The molecule has 35 heavy (non-hydrogen) atoms. The lowest BCUT2D eigenvalue weighted by Gasteiger charge is -2.40. The van der Waals surface area contributed by atoms with Crippen LogP contribution in [0.2, 0.25) is 0 Å². The summed E-state index contributed by atoms with van der Waals surface area (Å²) in [5.74, 6) is -0.934. The highest BCUT2D eigenvalue weighted by atomic mass is 16.5. The van der Waals surface area contributed by atoms with E-state index in [4.69, 9.17) is 4.74 Å². The minimum atomic E-state index is -0.638. The summed E-state index contributed by atoms with van der Waals surface area (Å²) in [7, 11) is 0. The van der Waals surface area contributed by atoms with E-state index in [0.717, 1.165) is 29.7 Å². The fourth-order valence-corrected chi connectivity index (χ4v) is 5.29. The third-order valence-electron chi connectivity index (χ3n) is 7.16. The molecule has 2 aliphatic rings. The molecule has 1 saturated heterocycles. The lowest BCUT2D eigenvalue weighted by atomic mass is 9.76. The number of nitrogens with one attached hydrogen (secondary N) is 1. The number of benzene rings is 2. The number of fused-ring (bicyclic) bond motifs is 1. The molecule has 8 nitrogen and oxygen atoms in total. The zero-order chi connectivity index (χ0) is 24.2. The number of hydrogen-bond acceptors (Lipinski definition) is 6. The Kier molecular flexibility index (Phi) is 6.81. The van der Waals surface area contributed by atoms with Crippen molar-refractivity contribution in [3.05, 3.63) is 66.9 Å². The van der Waals surface area contributed by atoms with Crippen LogP contribution in [0.1, 0.15) is 19.3 Å². The zero-order valence-corrected chi connectivity index (χ0v) is 19.5. The third kappa shape index (κ3) is 5.07. The standard InChI is InChI=1S/C27H30N4O4/c32-26(29-34)24-18-22(35-21-9-11-25-19(17-21)5-4-12-28-25)8-10-23(24)27(33)31-15-13-30(14-16-31)20-6-2-1-3-7-20/h1-7,9,11-12,17,22-24,34H,8,10,13-16,18H2,(H,29,32)/t22-,23-,24-/m1/s1. The van der Waals surface area contributed by atoms with E-state index in [1.807, 2.05) is 53.4 Å². The molecule has 2 amide bonds. The summed E-state index contributed by atoms with van der Waals surface area (Å²) in [5, 5.41) is 10.4. The van der Waals surface area contributed by atoms with E-state index in [1.165, 1.54) is 0 Å². The molecule has 1 aliphatic heterocycles. The Morgan fingerprint density at radius 2 is 1.74 bits per heavy atom. The highest BCUT2D eigenvalue weighted by Crippen LogP contribution is 2.35. The van der Waals surface area contributed by atoms with Crippen LogP contribution in [0, 0.1) is 11.8 Å². The Morgan fingerprint density at radius 1 is 0.943 bits per heavy atom. The van der Waals surface area contributed by atoms with Gasteiger partial charge in [-0.25, -0.2) is 5.48 Å². The number of carbonyl (C=O) groups excluding carboxylic acids is 2. The van der Waals surface area contributed by atoms with E-state index in [0.29, 0.717) is 38.1 Å². The van der Waals surface area contributed by atoms with Gasteiger partial charge in [-0.2, -0.15) is 0 Å². The van der Waals surface area contributed by atoms with Crippen molar-refractivity contribution in [2.24, 2.45) is 11.8 Å². The molecule has 1 aliphatic carbocycles. The van der Waals surface area contributed by atoms with Gasteiger partial charge in [-0.15, -0.1) is 0 Å². The predicted molar refractivity (Wildman–Crippen MR) is 132 cm³/mol. The zero-order valence-electron chi connectivity index (χ0n) is 19.5. The van der Waals surface area contributed by atoms with E-state index < -0.39 is 17.7 Å². The maximum atomic E-state index is 13.4. The molecule has 0 unspecified atom stereocenters. The van der Waals surface area contributed by atoms with Crippen LogP contribution in [0.15, 0.2) is 66.9 Å². The SMILES string of the molecule is O=C(NO)[C@@H]1C[C@H](Oc2ccc3ncccc3c2)CC[C@H]1C(=O)N1CCN(c2ccccc2)CC1. The smallest absolute Gasteiger partial charge is 0.247 e. The van der Waals surface area contributed by atoms with E-state index in [-0.39, 0.29) is 12.0 Å². The summed E-state index contributed by atoms with van der Waals surface area (Å²) >= 11 is 0. The van der Waals surface area contributed by atoms with Crippen molar-refractivity contribution < 1.29 is 19.5 Å². The number of piperazine rings is 1. The van der Waals surface area contributed by atoms with Crippen molar-refractivity contribution in [3.8, 4) is 5.75 Å². The Bertz CT molecular complexity index is 1180. The van der Waals surface area contributed by atoms with E-state index in [2.05, 4.69) is 22.0 Å². The maximum Gasteiger partial charge on any atom is 0.247 e. The van der Waals surface area contributed by atoms with Crippen LogP contribution in [0.25, 0.3) is 10.9 Å². The van der Waals surface area contributed by atoms with Gasteiger partial charge in [0.25, 0.3) is 0 Å². The number of pyridine rings is 1. The number of para-hydroxylation sites is 1. The van der Waals surface area contributed by atoms with E-state index >= 15 is 0 Å². The lowest BCUT2D eigenvalue weighted by molar-refractivity contribution is -0.148. The summed E-state index contributed by atoms with van der Waals surface area (Å²) in [6.45, 7) is 2.73. The van der Waals surface area contributed by atoms with Crippen molar-refractivity contribution in [2.75, 3.05) is 31.1 Å². The Morgan fingerprint density at radius 3 is 2.51 bits per heavy atom. The van der Waals surface area contributed by atoms with Crippen LogP contribution < -0.4 is 15.1 Å². The summed E-state index contributed by atoms with van der Waals surface area (Å²) in [6.07, 6.45) is 3.11. The normalized spacial score (nSPS) is 22.6. The van der Waals surface area contributed by atoms with Gasteiger partial charge in [-0.05, 0) is 55.7 Å². The van der Waals surface area contributed by atoms with Gasteiger partial charge in [0.15, 0.2) is 0 Å². The topological polar surface area (TPSA) is 95.0 Å². The Balaban J connectivity index is 1.23. The highest BCUT2D eigenvalue weighted by molar-refractivity contribution is 5.87. The Hall–Kier alpha value is -3.65. The number of hydrogen-bond donors (Lipinski definition) is 2. The van der Waals surface area contributed by atoms with Crippen LogP contribution in [0.4, 0.5) is 5.69 Å². The quantitative estimate of drug-likeness (QED) is 0.436. The molecule has 0 bridgehead atoms. The molecule has 0 radical (unpaired) electrons. The number of anilines is 1. The van der Waals surface area contributed by atoms with Crippen molar-refractivity contribution in [1.82, 2.24) is 15.4 Å². The molecule has 3 atom stereocenters. The molecule has 1 aromatic heterocycles. The predicted octanol–water partition coefficient (Wildman–Crippen LogP) is 3.25. The molecule has 2 heterocycles. The van der Waals surface area contributed by atoms with Crippen LogP contribution in [-0.4, -0.2) is 59.2 Å². The number of carbonyl (C=O) groups is 2. The van der Waals surface area contributed by atoms with Crippen LogP contribution in [-0.2, 0) is 9.59 Å².